The Balaban J connectivity index is 1.88. The van der Waals surface area contributed by atoms with Gasteiger partial charge in [0, 0.05) is 22.5 Å². The number of methoxy groups -OCH3 is 1. The molecule has 0 aliphatic rings. The van der Waals surface area contributed by atoms with Crippen LogP contribution in [-0.4, -0.2) is 12.1 Å². The number of benzene rings is 3. The largest absolute Gasteiger partial charge is 0.497 e. The van der Waals surface area contributed by atoms with Gasteiger partial charge in [-0.2, -0.15) is 0 Å². The molecular formula is C24H18ClN3O2. The lowest BCUT2D eigenvalue weighted by molar-refractivity contribution is 0.414. The number of hydrogen-bond donors (Lipinski definition) is 2. The van der Waals surface area contributed by atoms with E-state index in [1.807, 2.05) is 54.6 Å². The summed E-state index contributed by atoms with van der Waals surface area (Å²) in [6, 6.07) is 20.5. The van der Waals surface area contributed by atoms with E-state index in [1.54, 1.807) is 19.2 Å². The van der Waals surface area contributed by atoms with Crippen molar-refractivity contribution >= 4 is 33.9 Å². The van der Waals surface area contributed by atoms with E-state index in [0.29, 0.717) is 34.0 Å². The van der Waals surface area contributed by atoms with Crippen LogP contribution in [0.1, 0.15) is 5.56 Å². The number of pyridine rings is 1. The van der Waals surface area contributed by atoms with Crippen LogP contribution < -0.4 is 15.6 Å². The summed E-state index contributed by atoms with van der Waals surface area (Å²) in [5.74, 6) is 0.779. The van der Waals surface area contributed by atoms with E-state index in [2.05, 4.69) is 15.1 Å². The Kier molecular flexibility index (Phi) is 5.42. The van der Waals surface area contributed by atoms with E-state index in [9.17, 15) is 4.79 Å². The van der Waals surface area contributed by atoms with Gasteiger partial charge >= 0.3 is 0 Å². The van der Waals surface area contributed by atoms with Gasteiger partial charge in [0.25, 0.3) is 5.56 Å². The average molecular weight is 416 g/mol. The van der Waals surface area contributed by atoms with Crippen LogP contribution >= 0.6 is 11.6 Å². The lowest BCUT2D eigenvalue weighted by atomic mass is 10.0. The van der Waals surface area contributed by atoms with Gasteiger partial charge in [0.15, 0.2) is 0 Å². The van der Waals surface area contributed by atoms with Gasteiger partial charge in [-0.3, -0.25) is 4.79 Å². The van der Waals surface area contributed by atoms with Crippen molar-refractivity contribution in [3.63, 3.8) is 0 Å². The number of rotatable bonds is 5. The minimum atomic E-state index is -0.224. The van der Waals surface area contributed by atoms with Crippen LogP contribution in [0.3, 0.4) is 0 Å². The van der Waals surface area contributed by atoms with Gasteiger partial charge in [-0.1, -0.05) is 54.1 Å². The van der Waals surface area contributed by atoms with Gasteiger partial charge in [-0.25, -0.2) is 4.85 Å². The van der Waals surface area contributed by atoms with Crippen molar-refractivity contribution in [1.82, 2.24) is 4.98 Å². The second kappa shape index (κ2) is 8.32. The highest BCUT2D eigenvalue weighted by Gasteiger charge is 2.16. The molecule has 0 saturated heterocycles. The number of halogens is 1. The fraction of sp³-hybridized carbons (Fsp3) is 0.0833. The third kappa shape index (κ3) is 3.73. The maximum atomic E-state index is 13.0. The molecular weight excluding hydrogens is 398 g/mol. The zero-order valence-corrected chi connectivity index (χ0v) is 17.0. The van der Waals surface area contributed by atoms with Crippen LogP contribution in [0, 0.1) is 6.57 Å². The normalized spacial score (nSPS) is 10.6. The molecule has 4 aromatic rings. The summed E-state index contributed by atoms with van der Waals surface area (Å²) in [5, 5.41) is 4.45. The van der Waals surface area contributed by atoms with Crippen LogP contribution in [0.4, 0.5) is 11.4 Å². The molecule has 0 spiro atoms. The number of H-pyrrole nitrogens is 1. The van der Waals surface area contributed by atoms with Gasteiger partial charge < -0.3 is 15.0 Å². The molecule has 30 heavy (non-hydrogen) atoms. The van der Waals surface area contributed by atoms with Crippen LogP contribution in [0.25, 0.3) is 26.9 Å². The molecule has 148 valence electrons. The number of anilines is 1. The molecule has 0 saturated carbocycles. The van der Waals surface area contributed by atoms with E-state index in [1.165, 1.54) is 0 Å². The molecule has 4 rings (SSSR count). The molecule has 0 amide bonds. The first-order valence-electron chi connectivity index (χ1n) is 9.30. The lowest BCUT2D eigenvalue weighted by Crippen LogP contribution is -2.14. The Labute approximate surface area is 178 Å². The molecule has 0 aliphatic carbocycles. The van der Waals surface area contributed by atoms with Crippen molar-refractivity contribution in [2.45, 2.75) is 6.54 Å². The van der Waals surface area contributed by atoms with E-state index >= 15 is 0 Å². The Morgan fingerprint density at radius 3 is 2.50 bits per heavy atom. The van der Waals surface area contributed by atoms with Gasteiger partial charge in [0.05, 0.1) is 24.9 Å². The van der Waals surface area contributed by atoms with E-state index in [4.69, 9.17) is 22.9 Å². The molecule has 0 fully saturated rings. The molecule has 3 aromatic carbocycles. The highest BCUT2D eigenvalue weighted by atomic mass is 35.5. The molecule has 2 N–H and O–H groups in total. The number of ether oxygens (including phenoxy) is 1. The van der Waals surface area contributed by atoms with Gasteiger partial charge in [0.2, 0.25) is 5.69 Å². The molecule has 6 heteroatoms. The van der Waals surface area contributed by atoms with Gasteiger partial charge in [-0.15, -0.1) is 0 Å². The first-order chi connectivity index (χ1) is 14.6. The van der Waals surface area contributed by atoms with Crippen molar-refractivity contribution in [1.29, 1.82) is 0 Å². The van der Waals surface area contributed by atoms with Gasteiger partial charge in [0.1, 0.15) is 5.75 Å². The number of nitrogens with zero attached hydrogens (tertiary/aromatic N) is 1. The summed E-state index contributed by atoms with van der Waals surface area (Å²) < 4.78 is 5.21. The Bertz CT molecular complexity index is 1310. The van der Waals surface area contributed by atoms with Crippen LogP contribution in [0.5, 0.6) is 5.75 Å². The van der Waals surface area contributed by atoms with E-state index in [-0.39, 0.29) is 5.56 Å². The average Bonchev–Trinajstić information content (AvgIpc) is 2.77. The maximum Gasteiger partial charge on any atom is 0.258 e. The summed E-state index contributed by atoms with van der Waals surface area (Å²) in [6.45, 7) is 7.90. The van der Waals surface area contributed by atoms with Crippen molar-refractivity contribution in [3.05, 3.63) is 99.1 Å². The minimum absolute atomic E-state index is 0.224. The summed E-state index contributed by atoms with van der Waals surface area (Å²) in [4.78, 5) is 19.4. The summed E-state index contributed by atoms with van der Waals surface area (Å²) in [5.41, 5.74) is 3.70. The fourth-order valence-electron chi connectivity index (χ4n) is 3.39. The monoisotopic (exact) mass is 415 g/mol. The lowest BCUT2D eigenvalue weighted by Gasteiger charge is -2.16. The molecule has 0 radical (unpaired) electrons. The first kappa shape index (κ1) is 19.6. The molecule has 0 atom stereocenters. The molecule has 5 nitrogen and oxygen atoms in total. The van der Waals surface area contributed by atoms with Gasteiger partial charge in [-0.05, 0) is 35.4 Å². The zero-order chi connectivity index (χ0) is 21.1. The molecule has 0 unspecified atom stereocenters. The quantitative estimate of drug-likeness (QED) is 0.392. The third-order valence-corrected chi connectivity index (χ3v) is 5.20. The Hall–Kier alpha value is -3.75. The smallest absolute Gasteiger partial charge is 0.258 e. The SMILES string of the molecule is [C-]#[N+]c1cc2c(NCc3ccc(OC)cc3)c(-c3ccccc3)c(=O)[nH]c2cc1Cl. The van der Waals surface area contributed by atoms with Crippen molar-refractivity contribution < 1.29 is 4.74 Å². The molecule has 0 bridgehead atoms. The number of nitrogens with one attached hydrogen (secondary N) is 2. The van der Waals surface area contributed by atoms with Crippen LogP contribution in [0.15, 0.2) is 71.5 Å². The van der Waals surface area contributed by atoms with Crippen LogP contribution in [-0.2, 0) is 6.54 Å². The molecule has 0 aliphatic heterocycles. The van der Waals surface area contributed by atoms with E-state index < -0.39 is 0 Å². The minimum Gasteiger partial charge on any atom is -0.497 e. The first-order valence-corrected chi connectivity index (χ1v) is 9.67. The number of hydrogen-bond acceptors (Lipinski definition) is 3. The topological polar surface area (TPSA) is 58.5 Å². The predicted octanol–water partition coefficient (Wildman–Crippen LogP) is 6.02. The van der Waals surface area contributed by atoms with Crippen molar-refractivity contribution in [2.75, 3.05) is 12.4 Å². The zero-order valence-electron chi connectivity index (χ0n) is 16.2. The second-order valence-electron chi connectivity index (χ2n) is 6.73. The van der Waals surface area contributed by atoms with Crippen molar-refractivity contribution in [3.8, 4) is 16.9 Å². The molecule has 1 heterocycles. The molecule has 1 aromatic heterocycles. The fourth-order valence-corrected chi connectivity index (χ4v) is 3.59. The predicted molar refractivity (Wildman–Crippen MR) is 122 cm³/mol. The van der Waals surface area contributed by atoms with Crippen molar-refractivity contribution in [2.24, 2.45) is 0 Å². The number of aromatic amines is 1. The maximum absolute atomic E-state index is 13.0. The highest BCUT2D eigenvalue weighted by Crippen LogP contribution is 2.36. The van der Waals surface area contributed by atoms with E-state index in [0.717, 1.165) is 22.3 Å². The Morgan fingerprint density at radius 1 is 1.10 bits per heavy atom. The standard InChI is InChI=1S/C24H18ClN3O2/c1-26-21-12-18-20(13-19(21)25)28-24(29)22(16-6-4-3-5-7-16)23(18)27-14-15-8-10-17(30-2)11-9-15/h3-13H,14H2,2H3,(H2,27,28,29). The third-order valence-electron chi connectivity index (χ3n) is 4.89. The van der Waals surface area contributed by atoms with Crippen LogP contribution in [0.2, 0.25) is 5.02 Å². The highest BCUT2D eigenvalue weighted by molar-refractivity contribution is 6.34. The second-order valence-corrected chi connectivity index (χ2v) is 7.14. The summed E-state index contributed by atoms with van der Waals surface area (Å²) in [6.07, 6.45) is 0. The summed E-state index contributed by atoms with van der Waals surface area (Å²) >= 11 is 6.20. The number of aromatic nitrogens is 1. The Morgan fingerprint density at radius 2 is 1.83 bits per heavy atom. The number of fused-ring (bicyclic) bond motifs is 1. The summed E-state index contributed by atoms with van der Waals surface area (Å²) in [7, 11) is 1.63.